The molecule has 7 atom stereocenters. The van der Waals surface area contributed by atoms with Gasteiger partial charge in [0, 0.05) is 11.8 Å². The molecule has 33 heavy (non-hydrogen) atoms. The summed E-state index contributed by atoms with van der Waals surface area (Å²) in [6.45, 7) is 3.87. The number of carbonyl (C=O) groups is 3. The lowest BCUT2D eigenvalue weighted by atomic mass is 9.74. The predicted octanol–water partition coefficient (Wildman–Crippen LogP) is 3.57. The molecule has 7 nitrogen and oxygen atoms in total. The Labute approximate surface area is 192 Å². The van der Waals surface area contributed by atoms with Crippen LogP contribution in [0.3, 0.4) is 0 Å². The molecule has 4 fully saturated rings. The van der Waals surface area contributed by atoms with Crippen LogP contribution in [0.15, 0.2) is 30.8 Å². The lowest BCUT2D eigenvalue weighted by Gasteiger charge is -2.32. The monoisotopic (exact) mass is 449 g/mol. The zero-order valence-electron chi connectivity index (χ0n) is 18.4. The van der Waals surface area contributed by atoms with E-state index in [0.29, 0.717) is 25.7 Å². The van der Waals surface area contributed by atoms with Crippen molar-refractivity contribution in [3.8, 4) is 6.07 Å². The number of benzene rings is 1. The second-order valence-electron chi connectivity index (χ2n) is 9.71. The lowest BCUT2D eigenvalue weighted by Crippen LogP contribution is -2.42. The van der Waals surface area contributed by atoms with Crippen molar-refractivity contribution >= 4 is 24.0 Å². The molecule has 7 unspecified atom stereocenters. The summed E-state index contributed by atoms with van der Waals surface area (Å²) in [7, 11) is 0. The second kappa shape index (κ2) is 8.33. The zero-order valence-corrected chi connectivity index (χ0v) is 18.4. The van der Waals surface area contributed by atoms with E-state index in [4.69, 9.17) is 14.2 Å². The van der Waals surface area contributed by atoms with Gasteiger partial charge >= 0.3 is 17.9 Å². The quantitative estimate of drug-likeness (QED) is 0.483. The smallest absolute Gasteiger partial charge is 0.327 e. The molecule has 2 bridgehead atoms. The average Bonchev–Trinajstić information content (AvgIpc) is 3.45. The van der Waals surface area contributed by atoms with E-state index in [-0.39, 0.29) is 24.4 Å². The Bertz CT molecular complexity index is 1030. The summed E-state index contributed by atoms with van der Waals surface area (Å²) in [5, 5.41) is 9.55. The van der Waals surface area contributed by atoms with Crippen LogP contribution in [-0.4, -0.2) is 30.1 Å². The fraction of sp³-hybridized carbons (Fsp3) is 0.538. The Morgan fingerprint density at radius 2 is 1.88 bits per heavy atom. The van der Waals surface area contributed by atoms with Crippen molar-refractivity contribution in [1.82, 2.24) is 0 Å². The third-order valence-electron chi connectivity index (χ3n) is 7.99. The van der Waals surface area contributed by atoms with Gasteiger partial charge in [-0.2, -0.15) is 5.26 Å². The third-order valence-corrected chi connectivity index (χ3v) is 7.99. The van der Waals surface area contributed by atoms with Crippen molar-refractivity contribution in [2.24, 2.45) is 29.1 Å². The minimum Gasteiger partial charge on any atom is -0.461 e. The minimum atomic E-state index is -1.07. The van der Waals surface area contributed by atoms with Crippen LogP contribution in [-0.2, 0) is 35.2 Å². The first-order chi connectivity index (χ1) is 16.0. The first kappa shape index (κ1) is 21.7. The Morgan fingerprint density at radius 1 is 1.18 bits per heavy atom. The van der Waals surface area contributed by atoms with Crippen molar-refractivity contribution < 1.29 is 28.6 Å². The largest absolute Gasteiger partial charge is 0.461 e. The highest BCUT2D eigenvalue weighted by molar-refractivity contribution is 5.85. The fourth-order valence-corrected chi connectivity index (χ4v) is 6.22. The highest BCUT2D eigenvalue weighted by atomic mass is 16.6. The molecular weight excluding hydrogens is 422 g/mol. The number of hydrogen-bond donors (Lipinski definition) is 0. The van der Waals surface area contributed by atoms with Crippen LogP contribution in [0.2, 0.25) is 0 Å². The van der Waals surface area contributed by atoms with Crippen molar-refractivity contribution in [2.45, 2.75) is 57.3 Å². The molecule has 0 radical (unpaired) electrons. The van der Waals surface area contributed by atoms with E-state index in [0.717, 1.165) is 24.0 Å². The molecule has 4 aliphatic rings. The molecule has 1 aliphatic heterocycles. The summed E-state index contributed by atoms with van der Waals surface area (Å²) < 4.78 is 16.9. The molecule has 1 heterocycles. The molecule has 1 aromatic rings. The number of carbonyl (C=O) groups excluding carboxylic acids is 3. The van der Waals surface area contributed by atoms with Gasteiger partial charge in [0.1, 0.15) is 18.8 Å². The molecule has 3 aliphatic carbocycles. The SMILES string of the molecule is C=Cc1ccc(COC(=O)C2CCCCC2C(=O)OC2C3CC4C2OC(=O)C4(C#N)C3)cc1. The highest BCUT2D eigenvalue weighted by Crippen LogP contribution is 2.62. The van der Waals surface area contributed by atoms with Gasteiger partial charge in [-0.15, -0.1) is 0 Å². The normalized spacial score (nSPS) is 36.0. The van der Waals surface area contributed by atoms with E-state index < -0.39 is 41.4 Å². The maximum Gasteiger partial charge on any atom is 0.327 e. The van der Waals surface area contributed by atoms with E-state index in [1.807, 2.05) is 24.3 Å². The van der Waals surface area contributed by atoms with Gasteiger partial charge < -0.3 is 14.2 Å². The number of nitrogens with zero attached hydrogens (tertiary/aromatic N) is 1. The summed E-state index contributed by atoms with van der Waals surface area (Å²) >= 11 is 0. The van der Waals surface area contributed by atoms with Crippen LogP contribution in [0.25, 0.3) is 6.08 Å². The van der Waals surface area contributed by atoms with Gasteiger partial charge in [-0.05, 0) is 36.8 Å². The van der Waals surface area contributed by atoms with E-state index in [1.54, 1.807) is 6.08 Å². The van der Waals surface area contributed by atoms with Gasteiger partial charge in [-0.1, -0.05) is 49.8 Å². The highest BCUT2D eigenvalue weighted by Gasteiger charge is 2.72. The maximum absolute atomic E-state index is 13.2. The third kappa shape index (κ3) is 3.52. The van der Waals surface area contributed by atoms with Crippen molar-refractivity contribution in [1.29, 1.82) is 5.26 Å². The molecule has 5 rings (SSSR count). The molecule has 0 N–H and O–H groups in total. The predicted molar refractivity (Wildman–Crippen MR) is 116 cm³/mol. The number of fused-ring (bicyclic) bond motifs is 1. The van der Waals surface area contributed by atoms with Gasteiger partial charge in [0.25, 0.3) is 0 Å². The summed E-state index contributed by atoms with van der Waals surface area (Å²) in [6, 6.07) is 9.74. The first-order valence-corrected chi connectivity index (χ1v) is 11.7. The minimum absolute atomic E-state index is 0.0532. The Morgan fingerprint density at radius 3 is 2.55 bits per heavy atom. The number of esters is 3. The van der Waals surface area contributed by atoms with Crippen molar-refractivity contribution in [2.75, 3.05) is 0 Å². The molecular formula is C26H27NO6. The Hall–Kier alpha value is -3.14. The van der Waals surface area contributed by atoms with E-state index in [2.05, 4.69) is 12.6 Å². The van der Waals surface area contributed by atoms with Crippen molar-refractivity contribution in [3.05, 3.63) is 42.0 Å². The first-order valence-electron chi connectivity index (χ1n) is 11.7. The maximum atomic E-state index is 13.2. The second-order valence-corrected chi connectivity index (χ2v) is 9.71. The molecule has 0 amide bonds. The topological polar surface area (TPSA) is 103 Å². The summed E-state index contributed by atoms with van der Waals surface area (Å²) in [6.07, 6.45) is 4.56. The van der Waals surface area contributed by atoms with Gasteiger partial charge in [-0.3, -0.25) is 14.4 Å². The lowest BCUT2D eigenvalue weighted by molar-refractivity contribution is -0.173. The van der Waals surface area contributed by atoms with Crippen LogP contribution in [0, 0.1) is 40.4 Å². The molecule has 7 heteroatoms. The Balaban J connectivity index is 1.22. The van der Waals surface area contributed by atoms with Crippen LogP contribution < -0.4 is 0 Å². The molecule has 172 valence electrons. The molecule has 0 spiro atoms. The van der Waals surface area contributed by atoms with Gasteiger partial charge in [0.15, 0.2) is 5.41 Å². The molecule has 0 aromatic heterocycles. The fourth-order valence-electron chi connectivity index (χ4n) is 6.22. The van der Waals surface area contributed by atoms with E-state index in [9.17, 15) is 19.6 Å². The number of ether oxygens (including phenoxy) is 3. The average molecular weight is 450 g/mol. The van der Waals surface area contributed by atoms with Crippen LogP contribution in [0.5, 0.6) is 0 Å². The molecule has 1 saturated heterocycles. The molecule has 3 saturated carbocycles. The number of rotatable bonds is 6. The van der Waals surface area contributed by atoms with Crippen LogP contribution in [0.1, 0.15) is 49.7 Å². The zero-order chi connectivity index (χ0) is 23.2. The summed E-state index contributed by atoms with van der Waals surface area (Å²) in [4.78, 5) is 38.3. The molecule has 1 aromatic carbocycles. The van der Waals surface area contributed by atoms with E-state index >= 15 is 0 Å². The van der Waals surface area contributed by atoms with Crippen molar-refractivity contribution in [3.63, 3.8) is 0 Å². The Kier molecular flexibility index (Phi) is 5.48. The van der Waals surface area contributed by atoms with Gasteiger partial charge in [-0.25, -0.2) is 0 Å². The van der Waals surface area contributed by atoms with E-state index in [1.165, 1.54) is 0 Å². The summed E-state index contributed by atoms with van der Waals surface area (Å²) in [5.41, 5.74) is 0.787. The number of hydrogen-bond acceptors (Lipinski definition) is 7. The number of nitriles is 1. The summed E-state index contributed by atoms with van der Waals surface area (Å²) in [5.74, 6) is -2.66. The van der Waals surface area contributed by atoms with Crippen LogP contribution in [0.4, 0.5) is 0 Å². The van der Waals surface area contributed by atoms with Crippen LogP contribution >= 0.6 is 0 Å². The van der Waals surface area contributed by atoms with Gasteiger partial charge in [0.05, 0.1) is 17.9 Å². The van der Waals surface area contributed by atoms with Gasteiger partial charge in [0.2, 0.25) is 0 Å². The standard InChI is InChI=1S/C26H27NO6/c1-2-15-7-9-16(10-8-15)13-31-23(28)18-5-3-4-6-19(18)24(29)32-21-17-11-20-22(21)33-25(30)26(20,12-17)14-27/h2,7-10,17-22H,1,3-6,11-13H2.